The molecule has 0 saturated carbocycles. The Labute approximate surface area is 97.6 Å². The SMILES string of the molecule is CCCCn1nc(NC)nc1CCCNC. The maximum atomic E-state index is 4.47. The molecule has 92 valence electrons. The Balaban J connectivity index is 2.59. The highest BCUT2D eigenvalue weighted by molar-refractivity contribution is 5.21. The van der Waals surface area contributed by atoms with E-state index in [2.05, 4.69) is 27.6 Å². The van der Waals surface area contributed by atoms with Gasteiger partial charge in [0.25, 0.3) is 0 Å². The smallest absolute Gasteiger partial charge is 0.242 e. The van der Waals surface area contributed by atoms with Gasteiger partial charge in [-0.3, -0.25) is 0 Å². The van der Waals surface area contributed by atoms with Crippen LogP contribution in [0.25, 0.3) is 0 Å². The van der Waals surface area contributed by atoms with Gasteiger partial charge in [0.05, 0.1) is 0 Å². The minimum Gasteiger partial charge on any atom is -0.356 e. The summed E-state index contributed by atoms with van der Waals surface area (Å²) in [5, 5.41) is 10.6. The zero-order chi connectivity index (χ0) is 11.8. The average molecular weight is 225 g/mol. The van der Waals surface area contributed by atoms with Crippen LogP contribution in [0.3, 0.4) is 0 Å². The lowest BCUT2D eigenvalue weighted by molar-refractivity contribution is 0.537. The molecule has 5 heteroatoms. The predicted octanol–water partition coefficient (Wildman–Crippen LogP) is 1.27. The number of rotatable bonds is 8. The fourth-order valence-electron chi connectivity index (χ4n) is 1.58. The van der Waals surface area contributed by atoms with E-state index in [-0.39, 0.29) is 0 Å². The summed E-state index contributed by atoms with van der Waals surface area (Å²) >= 11 is 0. The largest absolute Gasteiger partial charge is 0.356 e. The summed E-state index contributed by atoms with van der Waals surface area (Å²) in [7, 11) is 3.83. The minimum atomic E-state index is 0.732. The van der Waals surface area contributed by atoms with E-state index in [0.717, 1.165) is 44.1 Å². The van der Waals surface area contributed by atoms with Gasteiger partial charge in [-0.2, -0.15) is 4.98 Å². The normalized spacial score (nSPS) is 10.7. The van der Waals surface area contributed by atoms with Crippen molar-refractivity contribution in [1.82, 2.24) is 20.1 Å². The molecule has 0 radical (unpaired) electrons. The van der Waals surface area contributed by atoms with Crippen LogP contribution in [0.4, 0.5) is 5.95 Å². The third kappa shape index (κ3) is 3.81. The highest BCUT2D eigenvalue weighted by Gasteiger charge is 2.07. The molecule has 1 aromatic heterocycles. The molecule has 0 spiro atoms. The van der Waals surface area contributed by atoms with Crippen LogP contribution in [0, 0.1) is 0 Å². The summed E-state index contributed by atoms with van der Waals surface area (Å²) in [6, 6.07) is 0. The van der Waals surface area contributed by atoms with Gasteiger partial charge in [0.15, 0.2) is 0 Å². The number of hydrogen-bond acceptors (Lipinski definition) is 4. The van der Waals surface area contributed by atoms with E-state index in [1.807, 2.05) is 18.8 Å². The van der Waals surface area contributed by atoms with Gasteiger partial charge in [-0.1, -0.05) is 13.3 Å². The number of anilines is 1. The molecule has 2 N–H and O–H groups in total. The van der Waals surface area contributed by atoms with Crippen molar-refractivity contribution in [2.75, 3.05) is 26.0 Å². The molecule has 0 saturated heterocycles. The summed E-state index contributed by atoms with van der Waals surface area (Å²) in [6.45, 7) is 4.19. The molecule has 0 aliphatic heterocycles. The third-order valence-electron chi connectivity index (χ3n) is 2.52. The molecule has 5 nitrogen and oxygen atoms in total. The van der Waals surface area contributed by atoms with Gasteiger partial charge in [0.2, 0.25) is 5.95 Å². The molecule has 0 fully saturated rings. The van der Waals surface area contributed by atoms with Gasteiger partial charge >= 0.3 is 0 Å². The standard InChI is InChI=1S/C11H23N5/c1-4-5-9-16-10(7-6-8-12-2)14-11(13-3)15-16/h12H,4-9H2,1-3H3,(H,13,15). The quantitative estimate of drug-likeness (QED) is 0.654. The summed E-state index contributed by atoms with van der Waals surface area (Å²) < 4.78 is 2.03. The first-order valence-electron chi connectivity index (χ1n) is 6.07. The van der Waals surface area contributed by atoms with E-state index < -0.39 is 0 Å². The van der Waals surface area contributed by atoms with Crippen LogP contribution in [-0.4, -0.2) is 35.4 Å². The first-order valence-corrected chi connectivity index (χ1v) is 6.07. The Kier molecular flexibility index (Phi) is 5.85. The van der Waals surface area contributed by atoms with Gasteiger partial charge in [0, 0.05) is 20.0 Å². The molecule has 0 amide bonds. The van der Waals surface area contributed by atoms with Gasteiger partial charge in [0.1, 0.15) is 5.82 Å². The first-order chi connectivity index (χ1) is 7.81. The highest BCUT2D eigenvalue weighted by atomic mass is 15.4. The molecule has 1 aromatic rings. The van der Waals surface area contributed by atoms with Crippen molar-refractivity contribution in [3.63, 3.8) is 0 Å². The molecule has 0 atom stereocenters. The first kappa shape index (κ1) is 13.0. The van der Waals surface area contributed by atoms with Gasteiger partial charge in [-0.15, -0.1) is 5.10 Å². The topological polar surface area (TPSA) is 54.8 Å². The zero-order valence-electron chi connectivity index (χ0n) is 10.6. The minimum absolute atomic E-state index is 0.732. The Hall–Kier alpha value is -1.10. The molecule has 1 rings (SSSR count). The zero-order valence-corrected chi connectivity index (χ0v) is 10.6. The molecule has 0 aliphatic rings. The summed E-state index contributed by atoms with van der Waals surface area (Å²) in [4.78, 5) is 4.47. The molecule has 1 heterocycles. The summed E-state index contributed by atoms with van der Waals surface area (Å²) in [6.07, 6.45) is 4.43. The van der Waals surface area contributed by atoms with Crippen LogP contribution in [0.5, 0.6) is 0 Å². The van der Waals surface area contributed by atoms with E-state index in [4.69, 9.17) is 0 Å². The highest BCUT2D eigenvalue weighted by Crippen LogP contribution is 2.07. The van der Waals surface area contributed by atoms with Gasteiger partial charge in [-0.25, -0.2) is 4.68 Å². The van der Waals surface area contributed by atoms with Crippen LogP contribution < -0.4 is 10.6 Å². The predicted molar refractivity (Wildman–Crippen MR) is 66.7 cm³/mol. The van der Waals surface area contributed by atoms with Crippen molar-refractivity contribution in [2.24, 2.45) is 0 Å². The van der Waals surface area contributed by atoms with Crippen molar-refractivity contribution in [1.29, 1.82) is 0 Å². The summed E-state index contributed by atoms with van der Waals surface area (Å²) in [5.41, 5.74) is 0. The monoisotopic (exact) mass is 225 g/mol. The Morgan fingerprint density at radius 3 is 2.69 bits per heavy atom. The number of nitrogens with one attached hydrogen (secondary N) is 2. The van der Waals surface area contributed by atoms with E-state index in [1.54, 1.807) is 0 Å². The van der Waals surface area contributed by atoms with Crippen LogP contribution in [-0.2, 0) is 13.0 Å². The van der Waals surface area contributed by atoms with E-state index in [0.29, 0.717) is 0 Å². The van der Waals surface area contributed by atoms with Crippen molar-refractivity contribution in [2.45, 2.75) is 39.2 Å². The fourth-order valence-corrected chi connectivity index (χ4v) is 1.58. The maximum absolute atomic E-state index is 4.47. The fraction of sp³-hybridized carbons (Fsp3) is 0.818. The van der Waals surface area contributed by atoms with Crippen molar-refractivity contribution >= 4 is 5.95 Å². The van der Waals surface area contributed by atoms with E-state index >= 15 is 0 Å². The Morgan fingerprint density at radius 1 is 1.25 bits per heavy atom. The number of hydrogen-bond donors (Lipinski definition) is 2. The van der Waals surface area contributed by atoms with Crippen molar-refractivity contribution < 1.29 is 0 Å². The van der Waals surface area contributed by atoms with Crippen LogP contribution in [0.15, 0.2) is 0 Å². The van der Waals surface area contributed by atoms with E-state index in [1.165, 1.54) is 6.42 Å². The molecule has 0 aromatic carbocycles. The third-order valence-corrected chi connectivity index (χ3v) is 2.52. The molecular formula is C11H23N5. The maximum Gasteiger partial charge on any atom is 0.242 e. The lowest BCUT2D eigenvalue weighted by Gasteiger charge is -2.04. The summed E-state index contributed by atoms with van der Waals surface area (Å²) in [5.74, 6) is 1.82. The molecule has 0 aliphatic carbocycles. The Morgan fingerprint density at radius 2 is 2.06 bits per heavy atom. The second-order valence-corrected chi connectivity index (χ2v) is 3.89. The molecule has 0 unspecified atom stereocenters. The molecule has 16 heavy (non-hydrogen) atoms. The van der Waals surface area contributed by atoms with Crippen LogP contribution in [0.2, 0.25) is 0 Å². The number of aromatic nitrogens is 3. The van der Waals surface area contributed by atoms with Crippen molar-refractivity contribution in [3.8, 4) is 0 Å². The number of nitrogens with zero attached hydrogens (tertiary/aromatic N) is 3. The number of unbranched alkanes of at least 4 members (excludes halogenated alkanes) is 1. The van der Waals surface area contributed by atoms with Crippen molar-refractivity contribution in [3.05, 3.63) is 5.82 Å². The lowest BCUT2D eigenvalue weighted by Crippen LogP contribution is -2.11. The lowest BCUT2D eigenvalue weighted by atomic mass is 10.3. The number of aryl methyl sites for hydroxylation is 2. The van der Waals surface area contributed by atoms with E-state index in [9.17, 15) is 0 Å². The average Bonchev–Trinajstić information content (AvgIpc) is 2.69. The van der Waals surface area contributed by atoms with Crippen LogP contribution >= 0.6 is 0 Å². The molecular weight excluding hydrogens is 202 g/mol. The van der Waals surface area contributed by atoms with Gasteiger partial charge < -0.3 is 10.6 Å². The second-order valence-electron chi connectivity index (χ2n) is 3.89. The van der Waals surface area contributed by atoms with Gasteiger partial charge in [-0.05, 0) is 26.4 Å². The molecule has 0 bridgehead atoms. The second kappa shape index (κ2) is 7.22. The van der Waals surface area contributed by atoms with Crippen LogP contribution in [0.1, 0.15) is 32.0 Å². The Bertz CT molecular complexity index is 295.